The second-order valence-corrected chi connectivity index (χ2v) is 5.88. The molecule has 7 heteroatoms. The van der Waals surface area contributed by atoms with E-state index in [2.05, 4.69) is 5.10 Å². The van der Waals surface area contributed by atoms with Gasteiger partial charge in [0.25, 0.3) is 5.91 Å². The summed E-state index contributed by atoms with van der Waals surface area (Å²) in [6, 6.07) is 4.60. The molecule has 0 spiro atoms. The van der Waals surface area contributed by atoms with Crippen LogP contribution in [0, 0.1) is 0 Å². The molecule has 1 atom stereocenters. The minimum atomic E-state index is -1.30. The number of aryl methyl sites for hydroxylation is 1. The van der Waals surface area contributed by atoms with E-state index >= 15 is 0 Å². The number of carbonyl (C=O) groups excluding carboxylic acids is 1. The van der Waals surface area contributed by atoms with Crippen LogP contribution < -0.4 is 0 Å². The lowest BCUT2D eigenvalue weighted by molar-refractivity contribution is -0.139. The molecule has 1 amide bonds. The predicted molar refractivity (Wildman–Crippen MR) is 85.8 cm³/mol. The Labute approximate surface area is 139 Å². The fraction of sp³-hybridized carbons (Fsp3) is 0.333. The first-order valence-electron chi connectivity index (χ1n) is 6.81. The predicted octanol–water partition coefficient (Wildman–Crippen LogP) is 2.90. The van der Waals surface area contributed by atoms with Crippen molar-refractivity contribution in [2.24, 2.45) is 0 Å². The monoisotopic (exact) mass is 341 g/mol. The summed E-state index contributed by atoms with van der Waals surface area (Å²) in [7, 11) is 1.63. The SMILES string of the molecule is CCn1cc(CN(C)C(=O)[C@@H](O)c2cc(Cl)cc(Cl)c2)cn1. The van der Waals surface area contributed by atoms with Crippen LogP contribution in [-0.4, -0.2) is 32.7 Å². The van der Waals surface area contributed by atoms with Crippen LogP contribution in [0.4, 0.5) is 0 Å². The summed E-state index contributed by atoms with van der Waals surface area (Å²) in [5, 5.41) is 15.1. The summed E-state index contributed by atoms with van der Waals surface area (Å²) >= 11 is 11.8. The normalized spacial score (nSPS) is 12.2. The summed E-state index contributed by atoms with van der Waals surface area (Å²) in [5.74, 6) is -0.428. The summed E-state index contributed by atoms with van der Waals surface area (Å²) in [5.41, 5.74) is 1.27. The first-order valence-corrected chi connectivity index (χ1v) is 7.56. The molecule has 1 aromatic carbocycles. The molecule has 5 nitrogen and oxygen atoms in total. The average molecular weight is 342 g/mol. The van der Waals surface area contributed by atoms with Gasteiger partial charge >= 0.3 is 0 Å². The van der Waals surface area contributed by atoms with Gasteiger partial charge in [-0.25, -0.2) is 0 Å². The van der Waals surface area contributed by atoms with E-state index in [0.29, 0.717) is 22.2 Å². The molecule has 0 saturated heterocycles. The Kier molecular flexibility index (Phi) is 5.45. The third-order valence-electron chi connectivity index (χ3n) is 3.24. The molecule has 0 fully saturated rings. The number of carbonyl (C=O) groups is 1. The van der Waals surface area contributed by atoms with Gasteiger partial charge in [-0.15, -0.1) is 0 Å². The second-order valence-electron chi connectivity index (χ2n) is 5.00. The lowest BCUT2D eigenvalue weighted by Crippen LogP contribution is -2.31. The Hall–Kier alpha value is -1.56. The molecule has 0 radical (unpaired) electrons. The Morgan fingerprint density at radius 1 is 1.36 bits per heavy atom. The molecule has 0 aliphatic carbocycles. The lowest BCUT2D eigenvalue weighted by Gasteiger charge is -2.20. The smallest absolute Gasteiger partial charge is 0.256 e. The Balaban J connectivity index is 2.08. The molecule has 0 saturated carbocycles. The zero-order valence-electron chi connectivity index (χ0n) is 12.3. The minimum Gasteiger partial charge on any atom is -0.378 e. The summed E-state index contributed by atoms with van der Waals surface area (Å²) in [4.78, 5) is 13.8. The molecule has 0 aliphatic rings. The number of rotatable bonds is 5. The number of likely N-dealkylation sites (N-methyl/N-ethyl adjacent to an activating group) is 1. The van der Waals surface area contributed by atoms with Gasteiger partial charge in [0.15, 0.2) is 6.10 Å². The van der Waals surface area contributed by atoms with E-state index in [1.165, 1.54) is 17.0 Å². The highest BCUT2D eigenvalue weighted by Crippen LogP contribution is 2.24. The maximum Gasteiger partial charge on any atom is 0.256 e. The van der Waals surface area contributed by atoms with Crippen molar-refractivity contribution in [2.45, 2.75) is 26.1 Å². The molecule has 0 aliphatic heterocycles. The van der Waals surface area contributed by atoms with E-state index < -0.39 is 12.0 Å². The van der Waals surface area contributed by atoms with Gasteiger partial charge in [-0.2, -0.15) is 5.10 Å². The average Bonchev–Trinajstić information content (AvgIpc) is 2.92. The highest BCUT2D eigenvalue weighted by molar-refractivity contribution is 6.34. The minimum absolute atomic E-state index is 0.365. The van der Waals surface area contributed by atoms with Crippen LogP contribution in [0.5, 0.6) is 0 Å². The number of amides is 1. The van der Waals surface area contributed by atoms with Crippen molar-refractivity contribution in [3.05, 3.63) is 51.8 Å². The number of benzene rings is 1. The van der Waals surface area contributed by atoms with Gasteiger partial charge in [-0.05, 0) is 30.7 Å². The molecule has 1 N–H and O–H groups in total. The third kappa shape index (κ3) is 4.00. The first kappa shape index (κ1) is 16.8. The van der Waals surface area contributed by atoms with E-state index in [1.54, 1.807) is 24.0 Å². The zero-order valence-corrected chi connectivity index (χ0v) is 13.8. The number of aliphatic hydroxyl groups is 1. The second kappa shape index (κ2) is 7.13. The molecule has 0 bridgehead atoms. The van der Waals surface area contributed by atoms with Gasteiger partial charge in [0.2, 0.25) is 0 Å². The van der Waals surface area contributed by atoms with Crippen LogP contribution in [0.2, 0.25) is 10.0 Å². The molecule has 118 valence electrons. The van der Waals surface area contributed by atoms with Gasteiger partial charge in [0.1, 0.15) is 0 Å². The van der Waals surface area contributed by atoms with E-state index in [9.17, 15) is 9.90 Å². The van der Waals surface area contributed by atoms with Crippen LogP contribution in [0.15, 0.2) is 30.6 Å². The van der Waals surface area contributed by atoms with Crippen molar-refractivity contribution < 1.29 is 9.90 Å². The highest BCUT2D eigenvalue weighted by Gasteiger charge is 2.22. The van der Waals surface area contributed by atoms with Crippen molar-refractivity contribution in [1.82, 2.24) is 14.7 Å². The van der Waals surface area contributed by atoms with E-state index in [0.717, 1.165) is 12.1 Å². The lowest BCUT2D eigenvalue weighted by atomic mass is 10.1. The molecule has 1 aromatic heterocycles. The molecule has 2 rings (SSSR count). The van der Waals surface area contributed by atoms with Crippen molar-refractivity contribution in [2.75, 3.05) is 7.05 Å². The molecule has 2 aromatic rings. The van der Waals surface area contributed by atoms with Crippen LogP contribution in [0.3, 0.4) is 0 Å². The molecule has 0 unspecified atom stereocenters. The van der Waals surface area contributed by atoms with Crippen molar-refractivity contribution >= 4 is 29.1 Å². The summed E-state index contributed by atoms with van der Waals surface area (Å²) in [6.45, 7) is 3.11. The van der Waals surface area contributed by atoms with Gasteiger partial charge in [-0.1, -0.05) is 23.2 Å². The maximum absolute atomic E-state index is 12.3. The number of hydrogen-bond donors (Lipinski definition) is 1. The standard InChI is InChI=1S/C15H17Cl2N3O2/c1-3-20-9-10(7-18-20)8-19(2)15(22)14(21)11-4-12(16)6-13(17)5-11/h4-7,9,14,21H,3,8H2,1-2H3/t14-/m0/s1. The van der Waals surface area contributed by atoms with Crippen LogP contribution >= 0.6 is 23.2 Å². The summed E-state index contributed by atoms with van der Waals surface area (Å²) in [6.07, 6.45) is 2.27. The molecule has 22 heavy (non-hydrogen) atoms. The number of halogens is 2. The van der Waals surface area contributed by atoms with E-state index in [1.807, 2.05) is 13.1 Å². The Morgan fingerprint density at radius 2 is 2.00 bits per heavy atom. The Morgan fingerprint density at radius 3 is 2.55 bits per heavy atom. The van der Waals surface area contributed by atoms with Crippen molar-refractivity contribution in [3.8, 4) is 0 Å². The van der Waals surface area contributed by atoms with E-state index in [4.69, 9.17) is 23.2 Å². The first-order chi connectivity index (χ1) is 10.4. The van der Waals surface area contributed by atoms with Crippen LogP contribution in [0.1, 0.15) is 24.2 Å². The van der Waals surface area contributed by atoms with E-state index in [-0.39, 0.29) is 0 Å². The van der Waals surface area contributed by atoms with Gasteiger partial charge in [0, 0.05) is 41.9 Å². The fourth-order valence-electron chi connectivity index (χ4n) is 2.10. The third-order valence-corrected chi connectivity index (χ3v) is 3.68. The van der Waals surface area contributed by atoms with Crippen molar-refractivity contribution in [3.63, 3.8) is 0 Å². The number of nitrogens with zero attached hydrogens (tertiary/aromatic N) is 3. The molecular formula is C15H17Cl2N3O2. The van der Waals surface area contributed by atoms with Crippen LogP contribution in [-0.2, 0) is 17.9 Å². The summed E-state index contributed by atoms with van der Waals surface area (Å²) < 4.78 is 1.78. The molecular weight excluding hydrogens is 325 g/mol. The largest absolute Gasteiger partial charge is 0.378 e. The number of hydrogen-bond acceptors (Lipinski definition) is 3. The van der Waals surface area contributed by atoms with Gasteiger partial charge in [0.05, 0.1) is 6.20 Å². The number of aromatic nitrogens is 2. The maximum atomic E-state index is 12.3. The topological polar surface area (TPSA) is 58.4 Å². The van der Waals surface area contributed by atoms with Gasteiger partial charge in [-0.3, -0.25) is 9.48 Å². The number of aliphatic hydroxyl groups excluding tert-OH is 1. The van der Waals surface area contributed by atoms with Crippen LogP contribution in [0.25, 0.3) is 0 Å². The van der Waals surface area contributed by atoms with Crippen molar-refractivity contribution in [1.29, 1.82) is 0 Å². The quantitative estimate of drug-likeness (QED) is 0.909. The molecule has 1 heterocycles. The Bertz CT molecular complexity index is 652. The highest BCUT2D eigenvalue weighted by atomic mass is 35.5. The zero-order chi connectivity index (χ0) is 16.3. The van der Waals surface area contributed by atoms with Gasteiger partial charge < -0.3 is 10.0 Å². The fourth-order valence-corrected chi connectivity index (χ4v) is 2.64.